The van der Waals surface area contributed by atoms with E-state index in [1.54, 1.807) is 13.1 Å². The molecule has 2 rings (SSSR count). The Bertz CT molecular complexity index is 415. The van der Waals surface area contributed by atoms with Crippen molar-refractivity contribution in [3.8, 4) is 11.5 Å². The molecule has 0 unspecified atom stereocenters. The normalized spacial score (nSPS) is 12.9. The van der Waals surface area contributed by atoms with E-state index in [0.29, 0.717) is 6.54 Å². The van der Waals surface area contributed by atoms with Gasteiger partial charge in [0.2, 0.25) is 6.79 Å². The smallest absolute Gasteiger partial charge is 0.231 e. The van der Waals surface area contributed by atoms with Gasteiger partial charge in [-0.25, -0.2) is 0 Å². The minimum absolute atomic E-state index is 0.0812. The van der Waals surface area contributed by atoms with Crippen molar-refractivity contribution in [2.45, 2.75) is 13.3 Å². The molecule has 1 aliphatic rings. The van der Waals surface area contributed by atoms with Gasteiger partial charge in [0, 0.05) is 11.1 Å². The van der Waals surface area contributed by atoms with Gasteiger partial charge in [0.05, 0.1) is 6.54 Å². The summed E-state index contributed by atoms with van der Waals surface area (Å²) in [5, 5.41) is 2.86. The van der Waals surface area contributed by atoms with E-state index in [1.165, 1.54) is 0 Å². The zero-order chi connectivity index (χ0) is 11.5. The number of hydrogen-bond acceptors (Lipinski definition) is 4. The molecule has 1 N–H and O–H groups in total. The van der Waals surface area contributed by atoms with E-state index in [9.17, 15) is 4.79 Å². The molecule has 16 heavy (non-hydrogen) atoms. The second-order valence-corrected chi connectivity index (χ2v) is 3.63. The van der Waals surface area contributed by atoms with Crippen LogP contribution in [-0.2, 0) is 6.42 Å². The molecule has 0 bridgehead atoms. The molecule has 0 saturated heterocycles. The minimum atomic E-state index is 0.0812. The zero-order valence-corrected chi connectivity index (χ0v) is 9.50. The molecule has 1 aliphatic heterocycles. The van der Waals surface area contributed by atoms with Crippen LogP contribution >= 0.6 is 0 Å². The van der Waals surface area contributed by atoms with Crippen molar-refractivity contribution in [3.05, 3.63) is 23.3 Å². The van der Waals surface area contributed by atoms with E-state index < -0.39 is 0 Å². The Labute approximate surface area is 94.6 Å². The maximum absolute atomic E-state index is 11.9. The lowest BCUT2D eigenvalue weighted by Crippen LogP contribution is -2.19. The summed E-state index contributed by atoms with van der Waals surface area (Å²) in [5.74, 6) is 1.54. The minimum Gasteiger partial charge on any atom is -0.454 e. The number of rotatable bonds is 4. The Kier molecular flexibility index (Phi) is 3.10. The topological polar surface area (TPSA) is 47.6 Å². The number of fused-ring (bicyclic) bond motifs is 1. The number of benzene rings is 1. The highest BCUT2D eigenvalue weighted by Gasteiger charge is 2.22. The van der Waals surface area contributed by atoms with Gasteiger partial charge in [0.25, 0.3) is 0 Å². The maximum atomic E-state index is 11.9. The van der Waals surface area contributed by atoms with Gasteiger partial charge in [-0.05, 0) is 25.6 Å². The fourth-order valence-corrected chi connectivity index (χ4v) is 1.90. The number of carbonyl (C=O) groups excluding carboxylic acids is 1. The van der Waals surface area contributed by atoms with E-state index >= 15 is 0 Å². The largest absolute Gasteiger partial charge is 0.454 e. The predicted molar refractivity (Wildman–Crippen MR) is 60.2 cm³/mol. The van der Waals surface area contributed by atoms with Crippen molar-refractivity contribution < 1.29 is 14.3 Å². The van der Waals surface area contributed by atoms with Gasteiger partial charge in [0.15, 0.2) is 17.3 Å². The molecule has 0 aromatic heterocycles. The van der Waals surface area contributed by atoms with Gasteiger partial charge in [-0.2, -0.15) is 0 Å². The fraction of sp³-hybridized carbons (Fsp3) is 0.417. The van der Waals surface area contributed by atoms with E-state index in [0.717, 1.165) is 29.0 Å². The van der Waals surface area contributed by atoms with E-state index in [-0.39, 0.29) is 12.6 Å². The molecule has 0 amide bonds. The van der Waals surface area contributed by atoms with Crippen molar-refractivity contribution in [1.29, 1.82) is 0 Å². The third-order valence-electron chi connectivity index (χ3n) is 2.63. The van der Waals surface area contributed by atoms with Crippen LogP contribution in [0.1, 0.15) is 22.8 Å². The van der Waals surface area contributed by atoms with Crippen LogP contribution in [0.15, 0.2) is 12.1 Å². The van der Waals surface area contributed by atoms with Gasteiger partial charge >= 0.3 is 0 Å². The van der Waals surface area contributed by atoms with Crippen LogP contribution in [0.5, 0.6) is 11.5 Å². The molecule has 0 radical (unpaired) electrons. The third kappa shape index (κ3) is 1.76. The zero-order valence-electron chi connectivity index (χ0n) is 9.50. The Morgan fingerprint density at radius 3 is 2.94 bits per heavy atom. The second-order valence-electron chi connectivity index (χ2n) is 3.63. The second kappa shape index (κ2) is 4.53. The van der Waals surface area contributed by atoms with Crippen molar-refractivity contribution in [3.63, 3.8) is 0 Å². The standard InChI is InChI=1S/C12H15NO3/c1-3-8-9(10(14)6-13-2)4-5-11-12(8)16-7-15-11/h4-5,13H,3,6-7H2,1-2H3. The van der Waals surface area contributed by atoms with Crippen molar-refractivity contribution in [2.24, 2.45) is 0 Å². The summed E-state index contributed by atoms with van der Waals surface area (Å²) in [6, 6.07) is 3.61. The quantitative estimate of drug-likeness (QED) is 0.780. The summed E-state index contributed by atoms with van der Waals surface area (Å²) >= 11 is 0. The molecule has 0 fully saturated rings. The van der Waals surface area contributed by atoms with Crippen LogP contribution in [0.4, 0.5) is 0 Å². The van der Waals surface area contributed by atoms with E-state index in [2.05, 4.69) is 5.32 Å². The highest BCUT2D eigenvalue weighted by Crippen LogP contribution is 2.37. The van der Waals surface area contributed by atoms with Gasteiger partial charge in [-0.15, -0.1) is 0 Å². The molecule has 1 aromatic carbocycles. The van der Waals surface area contributed by atoms with Crippen molar-refractivity contribution >= 4 is 5.78 Å². The fourth-order valence-electron chi connectivity index (χ4n) is 1.90. The molecule has 4 nitrogen and oxygen atoms in total. The Morgan fingerprint density at radius 2 is 2.25 bits per heavy atom. The molecular weight excluding hydrogens is 206 g/mol. The lowest BCUT2D eigenvalue weighted by atomic mass is 10.00. The average molecular weight is 221 g/mol. The molecule has 1 heterocycles. The first kappa shape index (κ1) is 11.0. The molecule has 0 spiro atoms. The van der Waals surface area contributed by atoms with E-state index in [4.69, 9.17) is 9.47 Å². The van der Waals surface area contributed by atoms with E-state index in [1.807, 2.05) is 13.0 Å². The van der Waals surface area contributed by atoms with Gasteiger partial charge < -0.3 is 14.8 Å². The monoisotopic (exact) mass is 221 g/mol. The SMILES string of the molecule is CCc1c(C(=O)CNC)ccc2c1OCO2. The molecular formula is C12H15NO3. The van der Waals surface area contributed by atoms with Gasteiger partial charge in [0.1, 0.15) is 0 Å². The lowest BCUT2D eigenvalue weighted by Gasteiger charge is -2.09. The number of carbonyl (C=O) groups is 1. The Hall–Kier alpha value is -1.55. The van der Waals surface area contributed by atoms with Crippen LogP contribution in [-0.4, -0.2) is 26.2 Å². The number of Topliss-reactive ketones (excluding diaryl/α,β-unsaturated/α-hetero) is 1. The number of nitrogens with one attached hydrogen (secondary N) is 1. The number of ketones is 1. The first-order chi connectivity index (χ1) is 7.77. The molecule has 0 atom stereocenters. The number of hydrogen-bond donors (Lipinski definition) is 1. The Balaban J connectivity index is 2.42. The number of ether oxygens (including phenoxy) is 2. The molecule has 1 aromatic rings. The summed E-state index contributed by atoms with van der Waals surface area (Å²) in [4.78, 5) is 11.9. The summed E-state index contributed by atoms with van der Waals surface area (Å²) in [6.07, 6.45) is 0.761. The molecule has 4 heteroatoms. The maximum Gasteiger partial charge on any atom is 0.231 e. The summed E-state index contributed by atoms with van der Waals surface area (Å²) in [7, 11) is 1.76. The summed E-state index contributed by atoms with van der Waals surface area (Å²) in [6.45, 7) is 2.59. The first-order valence-corrected chi connectivity index (χ1v) is 5.37. The highest BCUT2D eigenvalue weighted by molar-refractivity contribution is 6.00. The third-order valence-corrected chi connectivity index (χ3v) is 2.63. The summed E-state index contributed by atoms with van der Waals surface area (Å²) in [5.41, 5.74) is 1.66. The van der Waals surface area contributed by atoms with Crippen molar-refractivity contribution in [1.82, 2.24) is 5.32 Å². The molecule has 0 aliphatic carbocycles. The first-order valence-electron chi connectivity index (χ1n) is 5.37. The molecule has 0 saturated carbocycles. The predicted octanol–water partition coefficient (Wildman–Crippen LogP) is 1.38. The number of likely N-dealkylation sites (N-methyl/N-ethyl adjacent to an activating group) is 1. The lowest BCUT2D eigenvalue weighted by molar-refractivity contribution is 0.0992. The highest BCUT2D eigenvalue weighted by atomic mass is 16.7. The van der Waals surface area contributed by atoms with Crippen LogP contribution in [0.3, 0.4) is 0 Å². The summed E-state index contributed by atoms with van der Waals surface area (Å²) < 4.78 is 10.7. The van der Waals surface area contributed by atoms with Gasteiger partial charge in [-0.3, -0.25) is 4.79 Å². The van der Waals surface area contributed by atoms with Gasteiger partial charge in [-0.1, -0.05) is 6.92 Å². The van der Waals surface area contributed by atoms with Crippen LogP contribution in [0.2, 0.25) is 0 Å². The van der Waals surface area contributed by atoms with Crippen molar-refractivity contribution in [2.75, 3.05) is 20.4 Å². The Morgan fingerprint density at radius 1 is 1.44 bits per heavy atom. The van der Waals surface area contributed by atoms with Crippen LogP contribution in [0, 0.1) is 0 Å². The van der Waals surface area contributed by atoms with Crippen LogP contribution in [0.25, 0.3) is 0 Å². The van der Waals surface area contributed by atoms with Crippen LogP contribution < -0.4 is 14.8 Å². The average Bonchev–Trinajstić information content (AvgIpc) is 2.75. The molecule has 86 valence electrons.